The number of ether oxygens (including phenoxy) is 1. The average molecular weight is 407 g/mol. The number of benzene rings is 2. The lowest BCUT2D eigenvalue weighted by Crippen LogP contribution is -2.30. The van der Waals surface area contributed by atoms with Crippen LogP contribution >= 0.6 is 10.2 Å². The minimum absolute atomic E-state index is 0.0467. The lowest BCUT2D eigenvalue weighted by atomic mass is 10.1. The molecule has 0 heterocycles. The summed E-state index contributed by atoms with van der Waals surface area (Å²) in [5, 5.41) is 1.000. The zero-order valence-corrected chi connectivity index (χ0v) is 14.9. The fourth-order valence-electron chi connectivity index (χ4n) is 2.19. The maximum absolute atomic E-state index is 12.3. The molecule has 0 bridgehead atoms. The Hall–Kier alpha value is -2.39. The third-order valence-electron chi connectivity index (χ3n) is 3.39. The molecular weight excluding hydrogens is 389 g/mol. The Morgan fingerprint density at radius 1 is 0.963 bits per heavy atom. The van der Waals surface area contributed by atoms with E-state index in [1.807, 2.05) is 30.3 Å². The summed E-state index contributed by atoms with van der Waals surface area (Å²) in [6.07, 6.45) is -0.200. The van der Waals surface area contributed by atoms with Gasteiger partial charge in [-0.3, -0.25) is 4.79 Å². The van der Waals surface area contributed by atoms with Crippen LogP contribution in [0.5, 0.6) is 0 Å². The van der Waals surface area contributed by atoms with E-state index >= 15 is 0 Å². The predicted octanol–water partition coefficient (Wildman–Crippen LogP) is 5.87. The van der Waals surface area contributed by atoms with Crippen molar-refractivity contribution in [2.45, 2.75) is 12.6 Å². The molecule has 9 heteroatoms. The van der Waals surface area contributed by atoms with E-state index in [0.717, 1.165) is 5.56 Å². The van der Waals surface area contributed by atoms with Gasteiger partial charge in [0.25, 0.3) is 0 Å². The van der Waals surface area contributed by atoms with Crippen molar-refractivity contribution in [1.29, 1.82) is 0 Å². The van der Waals surface area contributed by atoms with Gasteiger partial charge in [-0.15, -0.1) is 0 Å². The monoisotopic (exact) mass is 407 g/mol. The number of halogens is 5. The molecule has 1 amide bonds. The van der Waals surface area contributed by atoms with Crippen molar-refractivity contribution in [3.8, 4) is 0 Å². The Morgan fingerprint density at radius 3 is 2.07 bits per heavy atom. The molecule has 3 nitrogen and oxygen atoms in total. The molecule has 0 spiro atoms. The van der Waals surface area contributed by atoms with Crippen molar-refractivity contribution >= 4 is 16.1 Å². The Labute approximate surface area is 153 Å². The molecule has 0 aliphatic carbocycles. The molecule has 148 valence electrons. The topological polar surface area (TPSA) is 38.3 Å². The second kappa shape index (κ2) is 7.32. The summed E-state index contributed by atoms with van der Waals surface area (Å²) in [5.74, 6) is -1.29. The molecule has 2 rings (SSSR count). The number of nitrogens with one attached hydrogen (secondary N) is 1. The maximum Gasteiger partial charge on any atom is 0.304 e. The van der Waals surface area contributed by atoms with E-state index in [9.17, 15) is 24.2 Å². The van der Waals surface area contributed by atoms with Crippen LogP contribution in [0.3, 0.4) is 0 Å². The van der Waals surface area contributed by atoms with Gasteiger partial charge in [-0.25, -0.2) is 0 Å². The zero-order valence-electron chi connectivity index (χ0n) is 14.0. The minimum atomic E-state index is -9.79. The second-order valence-electron chi connectivity index (χ2n) is 5.80. The van der Waals surface area contributed by atoms with Crippen LogP contribution in [-0.4, -0.2) is 12.5 Å². The molecule has 0 fully saturated rings. The standard InChI is InChI=1S/C18H18F5NO2S/c19-27(20,21,22,23)12-11-18(25)24-17(16-9-5-2-6-10-16)14-26-13-15-7-3-1-4-8-15/h1-12,17H,13-14H2,(H,24,25)/b12-11+/t17-/m0/s1. The highest BCUT2D eigenvalue weighted by Crippen LogP contribution is 2.98. The van der Waals surface area contributed by atoms with E-state index in [2.05, 4.69) is 5.32 Å². The quantitative estimate of drug-likeness (QED) is 0.439. The molecular formula is C18H18F5NO2S. The smallest absolute Gasteiger partial charge is 0.304 e. The van der Waals surface area contributed by atoms with Gasteiger partial charge in [0, 0.05) is 6.08 Å². The van der Waals surface area contributed by atoms with Gasteiger partial charge in [0.2, 0.25) is 5.91 Å². The first-order valence-electron chi connectivity index (χ1n) is 7.82. The molecule has 0 saturated carbocycles. The van der Waals surface area contributed by atoms with Gasteiger partial charge in [-0.05, 0) is 11.1 Å². The van der Waals surface area contributed by atoms with Crippen LogP contribution < -0.4 is 5.32 Å². The summed E-state index contributed by atoms with van der Waals surface area (Å²) < 4.78 is 67.2. The SMILES string of the molecule is O=C(/C=C/S(F)(F)(F)(F)F)N[C@@H](COCc1ccccc1)c1ccccc1. The Balaban J connectivity index is 2.05. The average Bonchev–Trinajstić information content (AvgIpc) is 2.59. The highest BCUT2D eigenvalue weighted by atomic mass is 32.5. The van der Waals surface area contributed by atoms with E-state index in [1.54, 1.807) is 30.3 Å². The van der Waals surface area contributed by atoms with Gasteiger partial charge < -0.3 is 10.1 Å². The first-order chi connectivity index (χ1) is 12.4. The fourth-order valence-corrected chi connectivity index (χ4v) is 2.57. The molecule has 0 aliphatic heterocycles. The van der Waals surface area contributed by atoms with Crippen molar-refractivity contribution in [3.05, 3.63) is 83.3 Å². The van der Waals surface area contributed by atoms with E-state index < -0.39 is 27.6 Å². The number of carbonyl (C=O) groups excluding carboxylic acids is 1. The van der Waals surface area contributed by atoms with Crippen LogP contribution in [-0.2, 0) is 16.1 Å². The number of hydrogen-bond donors (Lipinski definition) is 1. The predicted molar refractivity (Wildman–Crippen MR) is 95.7 cm³/mol. The van der Waals surface area contributed by atoms with Crippen molar-refractivity contribution < 1.29 is 29.0 Å². The number of hydrogen-bond acceptors (Lipinski definition) is 2. The molecule has 0 saturated heterocycles. The minimum Gasteiger partial charge on any atom is -0.374 e. The van der Waals surface area contributed by atoms with E-state index in [-0.39, 0.29) is 19.3 Å². The summed E-state index contributed by atoms with van der Waals surface area (Å²) in [7, 11) is -9.79. The van der Waals surface area contributed by atoms with Crippen LogP contribution in [0.25, 0.3) is 0 Å². The molecule has 0 radical (unpaired) electrons. The van der Waals surface area contributed by atoms with Gasteiger partial charge in [-0.1, -0.05) is 80.1 Å². The lowest BCUT2D eigenvalue weighted by molar-refractivity contribution is -0.117. The molecule has 0 unspecified atom stereocenters. The molecule has 27 heavy (non-hydrogen) atoms. The summed E-state index contributed by atoms with van der Waals surface area (Å²) in [6.45, 7) is 0.177. The van der Waals surface area contributed by atoms with Gasteiger partial charge in [0.05, 0.1) is 24.7 Å². The molecule has 1 atom stereocenters. The zero-order chi connectivity index (χ0) is 20.0. The van der Waals surface area contributed by atoms with Crippen LogP contribution in [0.1, 0.15) is 17.2 Å². The highest BCUT2D eigenvalue weighted by molar-refractivity contribution is 8.48. The highest BCUT2D eigenvalue weighted by Gasteiger charge is 2.60. The van der Waals surface area contributed by atoms with Crippen molar-refractivity contribution in [2.75, 3.05) is 6.61 Å². The second-order valence-corrected chi connectivity index (χ2v) is 8.13. The van der Waals surface area contributed by atoms with Gasteiger partial charge in [0.15, 0.2) is 0 Å². The van der Waals surface area contributed by atoms with Crippen LogP contribution in [0.15, 0.2) is 72.1 Å². The van der Waals surface area contributed by atoms with Crippen molar-refractivity contribution in [3.63, 3.8) is 0 Å². The van der Waals surface area contributed by atoms with E-state index in [1.165, 1.54) is 0 Å². The third-order valence-corrected chi connectivity index (χ3v) is 4.04. The Kier molecular flexibility index (Phi) is 5.67. The lowest BCUT2D eigenvalue weighted by Gasteiger charge is -2.36. The van der Waals surface area contributed by atoms with Crippen LogP contribution in [0.2, 0.25) is 0 Å². The molecule has 0 aromatic heterocycles. The first kappa shape index (κ1) is 20.9. The Morgan fingerprint density at radius 2 is 1.52 bits per heavy atom. The van der Waals surface area contributed by atoms with Crippen molar-refractivity contribution in [2.24, 2.45) is 0 Å². The van der Waals surface area contributed by atoms with Gasteiger partial charge in [-0.2, -0.15) is 0 Å². The molecule has 0 aliphatic rings. The number of carbonyl (C=O) groups is 1. The van der Waals surface area contributed by atoms with E-state index in [4.69, 9.17) is 4.74 Å². The van der Waals surface area contributed by atoms with Crippen LogP contribution in [0.4, 0.5) is 19.4 Å². The Bertz CT molecular complexity index is 795. The number of amides is 1. The summed E-state index contributed by atoms with van der Waals surface area (Å²) in [6, 6.07) is 16.7. The first-order valence-corrected chi connectivity index (χ1v) is 9.84. The maximum atomic E-state index is 12.3. The summed E-state index contributed by atoms with van der Waals surface area (Å²) in [4.78, 5) is 11.7. The number of rotatable bonds is 8. The van der Waals surface area contributed by atoms with Crippen LogP contribution in [0, 0.1) is 0 Å². The normalized spacial score (nSPS) is 15.7. The van der Waals surface area contributed by atoms with Crippen molar-refractivity contribution in [1.82, 2.24) is 5.32 Å². The summed E-state index contributed by atoms with van der Waals surface area (Å²) >= 11 is 0. The van der Waals surface area contributed by atoms with E-state index in [0.29, 0.717) is 5.56 Å². The van der Waals surface area contributed by atoms with Gasteiger partial charge >= 0.3 is 10.2 Å². The summed E-state index contributed by atoms with van der Waals surface area (Å²) in [5.41, 5.74) is 1.44. The molecule has 2 aromatic carbocycles. The van der Waals surface area contributed by atoms with Gasteiger partial charge in [0.1, 0.15) is 0 Å². The molecule has 1 N–H and O–H groups in total. The molecule has 2 aromatic rings. The third kappa shape index (κ3) is 8.69. The fraction of sp³-hybridized carbons (Fsp3) is 0.167. The largest absolute Gasteiger partial charge is 0.374 e.